The van der Waals surface area contributed by atoms with Gasteiger partial charge >= 0.3 is 6.09 Å². The summed E-state index contributed by atoms with van der Waals surface area (Å²) >= 11 is 0. The molecule has 0 saturated carbocycles. The summed E-state index contributed by atoms with van der Waals surface area (Å²) in [6, 6.07) is 19.2. The van der Waals surface area contributed by atoms with Crippen LogP contribution < -0.4 is 5.73 Å². The number of amides is 1. The van der Waals surface area contributed by atoms with Gasteiger partial charge in [0.25, 0.3) is 0 Å². The van der Waals surface area contributed by atoms with Gasteiger partial charge in [-0.1, -0.05) is 81.4 Å². The molecule has 1 saturated heterocycles. The van der Waals surface area contributed by atoms with Crippen molar-refractivity contribution in [1.29, 1.82) is 0 Å². The van der Waals surface area contributed by atoms with E-state index in [9.17, 15) is 14.3 Å². The number of hydroxylamine groups is 2. The van der Waals surface area contributed by atoms with Crippen molar-refractivity contribution in [2.45, 2.75) is 52.1 Å². The molecule has 1 aromatic heterocycles. The maximum absolute atomic E-state index is 14.8. The number of carbonyl (C=O) groups excluding carboxylic acids is 1. The smallest absolute Gasteiger partial charge is 0.392 e. The molecule has 0 unspecified atom stereocenters. The molecule has 0 aliphatic carbocycles. The van der Waals surface area contributed by atoms with E-state index >= 15 is 0 Å². The monoisotopic (exact) mass is 523 g/mol. The van der Waals surface area contributed by atoms with E-state index in [1.807, 2.05) is 92.2 Å². The van der Waals surface area contributed by atoms with Crippen molar-refractivity contribution < 1.29 is 19.1 Å². The fourth-order valence-corrected chi connectivity index (χ4v) is 4.83. The predicted molar refractivity (Wildman–Crippen MR) is 145 cm³/mol. The van der Waals surface area contributed by atoms with Gasteiger partial charge in [-0.2, -0.15) is 0 Å². The number of benzene rings is 2. The third-order valence-corrected chi connectivity index (χ3v) is 6.67. The molecule has 2 aromatic carbocycles. The fourth-order valence-electron chi connectivity index (χ4n) is 4.83. The quantitative estimate of drug-likeness (QED) is 0.432. The molecule has 0 bridgehead atoms. The summed E-state index contributed by atoms with van der Waals surface area (Å²) in [6.45, 7) is 6.68. The first-order valence-electron chi connectivity index (χ1n) is 13.1. The highest BCUT2D eigenvalue weighted by Crippen LogP contribution is 2.39. The number of nitrogens with two attached hydrogens (primary N) is 1. The molecular formula is C29H38FN5O3. The normalized spacial score (nSPS) is 17.8. The second-order valence-electron chi connectivity index (χ2n) is 10.9. The van der Waals surface area contributed by atoms with Crippen LogP contribution in [-0.4, -0.2) is 69.2 Å². The highest BCUT2D eigenvalue weighted by molar-refractivity contribution is 5.68. The number of halogens is 1. The van der Waals surface area contributed by atoms with Crippen LogP contribution in [0.15, 0.2) is 66.9 Å². The average Bonchev–Trinajstić information content (AvgIpc) is 3.49. The van der Waals surface area contributed by atoms with E-state index in [-0.39, 0.29) is 19.6 Å². The van der Waals surface area contributed by atoms with E-state index in [4.69, 9.17) is 15.6 Å². The van der Waals surface area contributed by atoms with E-state index in [0.717, 1.165) is 16.8 Å². The highest BCUT2D eigenvalue weighted by Gasteiger charge is 2.41. The number of hydrogen-bond donors (Lipinski definition) is 2. The first-order valence-corrected chi connectivity index (χ1v) is 13.1. The average molecular weight is 524 g/mol. The fraction of sp³-hybridized carbons (Fsp3) is 0.448. The van der Waals surface area contributed by atoms with Crippen molar-refractivity contribution in [2.75, 3.05) is 26.2 Å². The van der Waals surface area contributed by atoms with Crippen molar-refractivity contribution in [3.63, 3.8) is 0 Å². The topological polar surface area (TPSA) is 96.9 Å². The van der Waals surface area contributed by atoms with Gasteiger partial charge in [-0.05, 0) is 17.4 Å². The molecule has 0 spiro atoms. The van der Waals surface area contributed by atoms with Gasteiger partial charge in [0.2, 0.25) is 0 Å². The minimum Gasteiger partial charge on any atom is -0.392 e. The van der Waals surface area contributed by atoms with Crippen LogP contribution in [0.4, 0.5) is 9.18 Å². The van der Waals surface area contributed by atoms with Crippen LogP contribution in [0.1, 0.15) is 44.6 Å². The largest absolute Gasteiger partial charge is 0.429 e. The number of aliphatic hydroxyl groups excluding tert-OH is 1. The number of alkyl halides is 1. The van der Waals surface area contributed by atoms with Gasteiger partial charge in [-0.15, -0.1) is 5.06 Å². The van der Waals surface area contributed by atoms with Crippen molar-refractivity contribution >= 4 is 6.09 Å². The molecule has 1 fully saturated rings. The number of rotatable bonds is 9. The third kappa shape index (κ3) is 6.78. The second-order valence-corrected chi connectivity index (χ2v) is 10.9. The van der Waals surface area contributed by atoms with Crippen molar-refractivity contribution in [1.82, 2.24) is 19.5 Å². The van der Waals surface area contributed by atoms with Crippen LogP contribution in [-0.2, 0) is 11.4 Å². The van der Waals surface area contributed by atoms with Crippen molar-refractivity contribution in [2.24, 2.45) is 11.1 Å². The highest BCUT2D eigenvalue weighted by atomic mass is 19.1. The third-order valence-electron chi connectivity index (χ3n) is 6.67. The Kier molecular flexibility index (Phi) is 8.81. The summed E-state index contributed by atoms with van der Waals surface area (Å²) in [5.41, 5.74) is 7.89. The Morgan fingerprint density at radius 1 is 1.18 bits per heavy atom. The van der Waals surface area contributed by atoms with E-state index in [2.05, 4.69) is 0 Å². The number of hydrogen-bond acceptors (Lipinski definition) is 6. The summed E-state index contributed by atoms with van der Waals surface area (Å²) in [5.74, 6) is 0.628. The molecule has 3 atom stereocenters. The van der Waals surface area contributed by atoms with Crippen LogP contribution >= 0.6 is 0 Å². The minimum atomic E-state index is -1.44. The molecule has 1 aliphatic rings. The van der Waals surface area contributed by atoms with E-state index in [1.54, 1.807) is 0 Å². The molecule has 4 rings (SSSR count). The molecule has 1 aliphatic heterocycles. The zero-order chi connectivity index (χ0) is 27.3. The summed E-state index contributed by atoms with van der Waals surface area (Å²) in [6.07, 6.45) is -0.210. The summed E-state index contributed by atoms with van der Waals surface area (Å²) in [7, 11) is 0. The molecule has 9 heteroatoms. The minimum absolute atomic E-state index is 0.219. The predicted octanol–water partition coefficient (Wildman–Crippen LogP) is 4.40. The van der Waals surface area contributed by atoms with Gasteiger partial charge in [0.05, 0.1) is 30.9 Å². The molecule has 3 aromatic rings. The lowest BCUT2D eigenvalue weighted by molar-refractivity contribution is -0.110. The number of β-amino-alcohol motifs (C(OH)–C–C–N with tert-alkyl or cyclic N) is 1. The molecule has 38 heavy (non-hydrogen) atoms. The van der Waals surface area contributed by atoms with Gasteiger partial charge in [0.15, 0.2) is 0 Å². The number of aromatic nitrogens is 2. The molecule has 204 valence electrons. The van der Waals surface area contributed by atoms with Crippen LogP contribution in [0.5, 0.6) is 0 Å². The van der Waals surface area contributed by atoms with E-state index < -0.39 is 29.8 Å². The summed E-state index contributed by atoms with van der Waals surface area (Å²) in [4.78, 5) is 25.7. The van der Waals surface area contributed by atoms with Crippen LogP contribution in [0.2, 0.25) is 0 Å². The number of nitrogens with zero attached hydrogens (tertiary/aromatic N) is 4. The molecule has 1 amide bonds. The Morgan fingerprint density at radius 2 is 1.84 bits per heavy atom. The van der Waals surface area contributed by atoms with Gasteiger partial charge < -0.3 is 20.2 Å². The lowest BCUT2D eigenvalue weighted by Gasteiger charge is -2.40. The maximum atomic E-state index is 14.8. The Morgan fingerprint density at radius 3 is 2.42 bits per heavy atom. The molecule has 3 N–H and O–H groups in total. The molecular weight excluding hydrogens is 485 g/mol. The zero-order valence-corrected chi connectivity index (χ0v) is 22.3. The van der Waals surface area contributed by atoms with Gasteiger partial charge in [-0.25, -0.2) is 14.2 Å². The first-order chi connectivity index (χ1) is 18.2. The van der Waals surface area contributed by atoms with Crippen molar-refractivity contribution in [3.8, 4) is 11.3 Å². The lowest BCUT2D eigenvalue weighted by Crippen LogP contribution is -2.48. The van der Waals surface area contributed by atoms with E-state index in [1.165, 1.54) is 9.96 Å². The van der Waals surface area contributed by atoms with Gasteiger partial charge in [0.1, 0.15) is 12.0 Å². The van der Waals surface area contributed by atoms with Crippen molar-refractivity contribution in [3.05, 3.63) is 78.2 Å². The molecule has 8 nitrogen and oxygen atoms in total. The maximum Gasteiger partial charge on any atom is 0.429 e. The number of imidazole rings is 1. The Balaban J connectivity index is 1.79. The Bertz CT molecular complexity index is 1180. The van der Waals surface area contributed by atoms with Crippen LogP contribution in [0, 0.1) is 5.41 Å². The zero-order valence-electron chi connectivity index (χ0n) is 22.3. The molecule has 2 heterocycles. The van der Waals surface area contributed by atoms with Crippen LogP contribution in [0.3, 0.4) is 0 Å². The summed E-state index contributed by atoms with van der Waals surface area (Å²) in [5, 5.41) is 11.3. The first kappa shape index (κ1) is 27.8. The van der Waals surface area contributed by atoms with Crippen LogP contribution in [0.25, 0.3) is 11.3 Å². The van der Waals surface area contributed by atoms with E-state index in [0.29, 0.717) is 25.3 Å². The Hall–Kier alpha value is -3.27. The standard InChI is InChI=1S/C29H38FN5O3/c1-29(2,3)26(35(18-23(30)16-31)28(37)38-34-15-14-24(36)19-34)27-32-25(22-12-8-5-9-13-22)20-33(27)17-21-10-6-4-7-11-21/h4-13,20,23-24,26,36H,14-19,31H2,1-3H3/t23-,24+,26+/m1/s1. The van der Waals surface area contributed by atoms with Gasteiger partial charge in [-0.3, -0.25) is 4.90 Å². The van der Waals surface area contributed by atoms with Gasteiger partial charge in [0, 0.05) is 31.4 Å². The number of carbonyl (C=O) groups is 1. The SMILES string of the molecule is CC(C)(C)[C@H](c1nc(-c2ccccc2)cn1Cc1ccccc1)N(C[C@H](F)CN)C(=O)ON1CC[C@H](O)C1. The molecule has 0 radical (unpaired) electrons. The Labute approximate surface area is 223 Å². The number of aliphatic hydroxyl groups is 1. The lowest BCUT2D eigenvalue weighted by atomic mass is 9.84. The second kappa shape index (κ2) is 12.1. The summed E-state index contributed by atoms with van der Waals surface area (Å²) < 4.78 is 16.9.